The Morgan fingerprint density at radius 3 is 1.76 bits per heavy atom. The Balaban J connectivity index is 1.87. The van der Waals surface area contributed by atoms with Gasteiger partial charge in [0.15, 0.2) is 0 Å². The van der Waals surface area contributed by atoms with Crippen LogP contribution in [-0.2, 0) is 9.53 Å². The van der Waals surface area contributed by atoms with E-state index in [1.807, 2.05) is 0 Å². The highest BCUT2D eigenvalue weighted by Crippen LogP contribution is 2.26. The zero-order valence-electron chi connectivity index (χ0n) is 22.6. The van der Waals surface area contributed by atoms with Crippen LogP contribution < -0.4 is 0 Å². The minimum absolute atomic E-state index is 0.0657. The summed E-state index contributed by atoms with van der Waals surface area (Å²) in [6, 6.07) is 0. The van der Waals surface area contributed by atoms with E-state index in [1.54, 1.807) is 0 Å². The van der Waals surface area contributed by atoms with Gasteiger partial charge in [-0.25, -0.2) is 0 Å². The Hall–Kier alpha value is -0.570. The Morgan fingerprint density at radius 2 is 1.27 bits per heavy atom. The third-order valence-corrected chi connectivity index (χ3v) is 7.87. The van der Waals surface area contributed by atoms with Crippen LogP contribution in [0.1, 0.15) is 162 Å². The number of aliphatic hydroxyl groups excluding tert-OH is 1. The molecule has 0 aromatic rings. The molecule has 1 aliphatic rings. The van der Waals surface area contributed by atoms with Crippen LogP contribution in [0.4, 0.5) is 0 Å². The van der Waals surface area contributed by atoms with Gasteiger partial charge in [-0.1, -0.05) is 130 Å². The highest BCUT2D eigenvalue weighted by molar-refractivity contribution is 5.70. The van der Waals surface area contributed by atoms with Crippen molar-refractivity contribution < 1.29 is 14.6 Å². The maximum atomic E-state index is 11.4. The molecule has 0 aromatic carbocycles. The molecule has 196 valence electrons. The third-order valence-electron chi connectivity index (χ3n) is 7.87. The molecule has 1 fully saturated rings. The minimum atomic E-state index is -0.343. The second kappa shape index (κ2) is 20.8. The lowest BCUT2D eigenvalue weighted by Crippen LogP contribution is -2.29. The van der Waals surface area contributed by atoms with Crippen molar-refractivity contribution in [3.05, 3.63) is 0 Å². The molecule has 3 heteroatoms. The van der Waals surface area contributed by atoms with Gasteiger partial charge in [-0.05, 0) is 31.1 Å². The molecule has 1 aliphatic heterocycles. The standard InChI is InChI=1S/C30H58O3/c1-4-5-6-7-8-9-10-11-12-13-14-15-16-17-18-19-21-26(2)27(3)24-28(31)25-29-22-20-23-30(32)33-29/h26-29,31H,4-25H2,1-3H3. The summed E-state index contributed by atoms with van der Waals surface area (Å²) in [4.78, 5) is 11.4. The van der Waals surface area contributed by atoms with Gasteiger partial charge in [0, 0.05) is 12.8 Å². The summed E-state index contributed by atoms with van der Waals surface area (Å²) in [7, 11) is 0. The lowest BCUT2D eigenvalue weighted by atomic mass is 9.85. The van der Waals surface area contributed by atoms with Gasteiger partial charge in [0.1, 0.15) is 6.10 Å². The fourth-order valence-corrected chi connectivity index (χ4v) is 5.30. The molecule has 3 nitrogen and oxygen atoms in total. The molecule has 0 aliphatic carbocycles. The SMILES string of the molecule is CCCCCCCCCCCCCCCCCCC(C)C(C)CC(O)CC1CCCC(=O)O1. The number of carbonyl (C=O) groups excluding carboxylic acids is 1. The van der Waals surface area contributed by atoms with Gasteiger partial charge in [0.05, 0.1) is 6.10 Å². The van der Waals surface area contributed by atoms with Crippen LogP contribution in [0.3, 0.4) is 0 Å². The summed E-state index contributed by atoms with van der Waals surface area (Å²) < 4.78 is 5.36. The van der Waals surface area contributed by atoms with Crippen LogP contribution in [0.5, 0.6) is 0 Å². The number of cyclic esters (lactones) is 1. The largest absolute Gasteiger partial charge is 0.462 e. The second-order valence-electron chi connectivity index (χ2n) is 11.2. The first-order valence-electron chi connectivity index (χ1n) is 14.9. The monoisotopic (exact) mass is 466 g/mol. The van der Waals surface area contributed by atoms with Gasteiger partial charge in [-0.2, -0.15) is 0 Å². The number of hydrogen-bond acceptors (Lipinski definition) is 3. The van der Waals surface area contributed by atoms with Gasteiger partial charge in [-0.3, -0.25) is 4.79 Å². The van der Waals surface area contributed by atoms with Crippen molar-refractivity contribution >= 4 is 5.97 Å². The van der Waals surface area contributed by atoms with E-state index in [1.165, 1.54) is 109 Å². The number of hydrogen-bond donors (Lipinski definition) is 1. The number of ether oxygens (including phenoxy) is 1. The normalized spacial score (nSPS) is 19.3. The van der Waals surface area contributed by atoms with E-state index < -0.39 is 0 Å². The molecule has 1 rings (SSSR count). The highest BCUT2D eigenvalue weighted by atomic mass is 16.5. The zero-order valence-corrected chi connectivity index (χ0v) is 22.6. The summed E-state index contributed by atoms with van der Waals surface area (Å²) in [6.45, 7) is 6.90. The smallest absolute Gasteiger partial charge is 0.306 e. The molecule has 0 radical (unpaired) electrons. The molecule has 33 heavy (non-hydrogen) atoms. The Morgan fingerprint density at radius 1 is 0.788 bits per heavy atom. The molecule has 4 atom stereocenters. The van der Waals surface area contributed by atoms with Crippen LogP contribution >= 0.6 is 0 Å². The van der Waals surface area contributed by atoms with Gasteiger partial charge in [0.25, 0.3) is 0 Å². The van der Waals surface area contributed by atoms with E-state index in [9.17, 15) is 9.90 Å². The van der Waals surface area contributed by atoms with Gasteiger partial charge < -0.3 is 9.84 Å². The number of carbonyl (C=O) groups is 1. The number of esters is 1. The molecular weight excluding hydrogens is 408 g/mol. The maximum absolute atomic E-state index is 11.4. The summed E-state index contributed by atoms with van der Waals surface area (Å²) >= 11 is 0. The van der Waals surface area contributed by atoms with Gasteiger partial charge in [-0.15, -0.1) is 0 Å². The average molecular weight is 467 g/mol. The average Bonchev–Trinajstić information content (AvgIpc) is 2.78. The lowest BCUT2D eigenvalue weighted by Gasteiger charge is -2.27. The molecule has 1 heterocycles. The fourth-order valence-electron chi connectivity index (χ4n) is 5.30. The van der Waals surface area contributed by atoms with Crippen molar-refractivity contribution in [3.8, 4) is 0 Å². The van der Waals surface area contributed by atoms with E-state index in [0.717, 1.165) is 19.3 Å². The lowest BCUT2D eigenvalue weighted by molar-refractivity contribution is -0.155. The molecule has 0 amide bonds. The molecule has 0 aromatic heterocycles. The zero-order chi connectivity index (χ0) is 24.2. The van der Waals surface area contributed by atoms with Crippen LogP contribution in [0, 0.1) is 11.8 Å². The van der Waals surface area contributed by atoms with Crippen LogP contribution in [0.15, 0.2) is 0 Å². The Labute approximate surface area is 206 Å². The van der Waals surface area contributed by atoms with Gasteiger partial charge >= 0.3 is 5.97 Å². The van der Waals surface area contributed by atoms with Crippen LogP contribution in [0.2, 0.25) is 0 Å². The quantitative estimate of drug-likeness (QED) is 0.128. The van der Waals surface area contributed by atoms with Crippen LogP contribution in [0.25, 0.3) is 0 Å². The van der Waals surface area contributed by atoms with Crippen molar-refractivity contribution in [2.45, 2.75) is 174 Å². The predicted molar refractivity (Wildman–Crippen MR) is 141 cm³/mol. The van der Waals surface area contributed by atoms with Crippen molar-refractivity contribution in [3.63, 3.8) is 0 Å². The fraction of sp³-hybridized carbons (Fsp3) is 0.967. The second-order valence-corrected chi connectivity index (χ2v) is 11.2. The first kappa shape index (κ1) is 30.5. The summed E-state index contributed by atoms with van der Waals surface area (Å²) in [5.74, 6) is 1.08. The summed E-state index contributed by atoms with van der Waals surface area (Å²) in [6.07, 6.45) is 27.3. The van der Waals surface area contributed by atoms with E-state index in [2.05, 4.69) is 20.8 Å². The first-order valence-corrected chi connectivity index (χ1v) is 14.9. The maximum Gasteiger partial charge on any atom is 0.306 e. The Bertz CT molecular complexity index is 450. The van der Waals surface area contributed by atoms with E-state index in [-0.39, 0.29) is 18.2 Å². The van der Waals surface area contributed by atoms with Crippen LogP contribution in [-0.4, -0.2) is 23.3 Å². The van der Waals surface area contributed by atoms with E-state index >= 15 is 0 Å². The number of unbranched alkanes of at least 4 members (excludes halogenated alkanes) is 15. The third kappa shape index (κ3) is 17.5. The molecule has 0 spiro atoms. The Kier molecular flexibility index (Phi) is 19.2. The van der Waals surface area contributed by atoms with Crippen molar-refractivity contribution in [1.29, 1.82) is 0 Å². The molecule has 1 saturated heterocycles. The first-order chi connectivity index (χ1) is 16.0. The highest BCUT2D eigenvalue weighted by Gasteiger charge is 2.25. The summed E-state index contributed by atoms with van der Waals surface area (Å²) in [5.41, 5.74) is 0. The molecule has 1 N–H and O–H groups in total. The van der Waals surface area contributed by atoms with Gasteiger partial charge in [0.2, 0.25) is 0 Å². The summed E-state index contributed by atoms with van der Waals surface area (Å²) in [5, 5.41) is 10.4. The molecular formula is C30H58O3. The van der Waals surface area contributed by atoms with Crippen molar-refractivity contribution in [2.75, 3.05) is 0 Å². The van der Waals surface area contributed by atoms with Crippen molar-refractivity contribution in [1.82, 2.24) is 0 Å². The van der Waals surface area contributed by atoms with E-state index in [4.69, 9.17) is 4.74 Å². The molecule has 0 saturated carbocycles. The number of rotatable bonds is 22. The molecule has 4 unspecified atom stereocenters. The number of aliphatic hydroxyl groups is 1. The predicted octanol–water partition coefficient (Wildman–Crippen LogP) is 9.15. The topological polar surface area (TPSA) is 46.5 Å². The minimum Gasteiger partial charge on any atom is -0.462 e. The molecule has 0 bridgehead atoms. The van der Waals surface area contributed by atoms with Crippen molar-refractivity contribution in [2.24, 2.45) is 11.8 Å². The van der Waals surface area contributed by atoms with E-state index in [0.29, 0.717) is 24.7 Å².